The van der Waals surface area contributed by atoms with E-state index in [2.05, 4.69) is 0 Å². The van der Waals surface area contributed by atoms with Gasteiger partial charge in [0.25, 0.3) is 0 Å². The van der Waals surface area contributed by atoms with E-state index in [1.807, 2.05) is 0 Å². The molecule has 0 radical (unpaired) electrons. The second-order valence-electron chi connectivity index (χ2n) is 3.34. The highest BCUT2D eigenvalue weighted by molar-refractivity contribution is 5.82. The van der Waals surface area contributed by atoms with Gasteiger partial charge in [-0.25, -0.2) is 14.6 Å². The first-order valence-corrected chi connectivity index (χ1v) is 4.40. The molecular formula is C10H12F2N2O. The highest BCUT2D eigenvalue weighted by Crippen LogP contribution is 2.20. The lowest BCUT2D eigenvalue weighted by atomic mass is 9.99. The summed E-state index contributed by atoms with van der Waals surface area (Å²) in [6, 6.07) is 3.10. The average Bonchev–Trinajstić information content (AvgIpc) is 2.15. The van der Waals surface area contributed by atoms with Crippen LogP contribution in [-0.2, 0) is 4.79 Å². The van der Waals surface area contributed by atoms with Gasteiger partial charge in [0.1, 0.15) is 11.6 Å². The van der Waals surface area contributed by atoms with Gasteiger partial charge in [0, 0.05) is 18.7 Å². The van der Waals surface area contributed by atoms with Crippen LogP contribution < -0.4 is 5.84 Å². The Labute approximate surface area is 86.5 Å². The molecule has 1 unspecified atom stereocenters. The topological polar surface area (TPSA) is 46.3 Å². The molecule has 0 aliphatic rings. The molecule has 0 bridgehead atoms. The van der Waals surface area contributed by atoms with E-state index in [0.29, 0.717) is 0 Å². The van der Waals surface area contributed by atoms with Crippen molar-refractivity contribution in [1.82, 2.24) is 5.01 Å². The van der Waals surface area contributed by atoms with Gasteiger partial charge in [-0.2, -0.15) is 0 Å². The summed E-state index contributed by atoms with van der Waals surface area (Å²) in [6.45, 7) is 1.52. The highest BCUT2D eigenvalue weighted by atomic mass is 19.1. The Kier molecular flexibility index (Phi) is 3.36. The molecule has 0 heterocycles. The zero-order valence-corrected chi connectivity index (χ0v) is 8.50. The average molecular weight is 214 g/mol. The number of carbonyl (C=O) groups excluding carboxylic acids is 1. The third-order valence-corrected chi connectivity index (χ3v) is 2.15. The lowest BCUT2D eigenvalue weighted by Crippen LogP contribution is -2.36. The van der Waals surface area contributed by atoms with Crippen LogP contribution in [0, 0.1) is 11.6 Å². The zero-order valence-electron chi connectivity index (χ0n) is 8.50. The molecule has 0 saturated heterocycles. The molecule has 0 saturated carbocycles. The van der Waals surface area contributed by atoms with Crippen molar-refractivity contribution >= 4 is 5.91 Å². The van der Waals surface area contributed by atoms with Crippen LogP contribution in [0.5, 0.6) is 0 Å². The van der Waals surface area contributed by atoms with E-state index in [4.69, 9.17) is 5.84 Å². The molecule has 0 fully saturated rings. The number of nitrogens with zero attached hydrogens (tertiary/aromatic N) is 1. The van der Waals surface area contributed by atoms with E-state index in [1.165, 1.54) is 20.0 Å². The van der Waals surface area contributed by atoms with Crippen molar-refractivity contribution in [2.24, 2.45) is 5.84 Å². The molecule has 82 valence electrons. The summed E-state index contributed by atoms with van der Waals surface area (Å²) in [5.74, 6) is 2.68. The van der Waals surface area contributed by atoms with Crippen LogP contribution in [0.1, 0.15) is 18.4 Å². The Morgan fingerprint density at radius 2 is 2.07 bits per heavy atom. The Balaban J connectivity index is 3.01. The highest BCUT2D eigenvalue weighted by Gasteiger charge is 2.20. The summed E-state index contributed by atoms with van der Waals surface area (Å²) >= 11 is 0. The van der Waals surface area contributed by atoms with E-state index in [9.17, 15) is 13.6 Å². The minimum absolute atomic E-state index is 0.138. The standard InChI is InChI=1S/C10H12F2N2O/c1-6(10(15)14(2)13)8-4-3-7(11)5-9(8)12/h3-6H,13H2,1-2H3. The molecule has 2 N–H and O–H groups in total. The van der Waals surface area contributed by atoms with Crippen molar-refractivity contribution in [1.29, 1.82) is 0 Å². The zero-order chi connectivity index (χ0) is 11.6. The Morgan fingerprint density at radius 1 is 1.47 bits per heavy atom. The number of hydrazine groups is 1. The molecule has 1 rings (SSSR count). The molecule has 1 atom stereocenters. The van der Waals surface area contributed by atoms with Crippen LogP contribution in [0.2, 0.25) is 0 Å². The van der Waals surface area contributed by atoms with Gasteiger partial charge in [-0.1, -0.05) is 6.07 Å². The normalized spacial score (nSPS) is 12.3. The fourth-order valence-corrected chi connectivity index (χ4v) is 1.29. The number of rotatable bonds is 2. The van der Waals surface area contributed by atoms with Crippen molar-refractivity contribution < 1.29 is 13.6 Å². The summed E-state index contributed by atoms with van der Waals surface area (Å²) in [4.78, 5) is 11.4. The number of hydrogen-bond acceptors (Lipinski definition) is 2. The lowest BCUT2D eigenvalue weighted by molar-refractivity contribution is -0.131. The first-order chi connectivity index (χ1) is 6.93. The summed E-state index contributed by atoms with van der Waals surface area (Å²) in [7, 11) is 1.38. The largest absolute Gasteiger partial charge is 0.283 e. The molecular weight excluding hydrogens is 202 g/mol. The van der Waals surface area contributed by atoms with Crippen LogP contribution in [0.4, 0.5) is 8.78 Å². The SMILES string of the molecule is CC(C(=O)N(C)N)c1ccc(F)cc1F. The maximum atomic E-state index is 13.3. The third-order valence-electron chi connectivity index (χ3n) is 2.15. The molecule has 1 amide bonds. The van der Waals surface area contributed by atoms with Gasteiger partial charge in [0.15, 0.2) is 0 Å². The summed E-state index contributed by atoms with van der Waals surface area (Å²) in [6.07, 6.45) is 0. The van der Waals surface area contributed by atoms with Gasteiger partial charge in [0.05, 0.1) is 5.92 Å². The van der Waals surface area contributed by atoms with E-state index in [0.717, 1.165) is 17.1 Å². The van der Waals surface area contributed by atoms with E-state index in [1.54, 1.807) is 0 Å². The Morgan fingerprint density at radius 3 is 2.53 bits per heavy atom. The first-order valence-electron chi connectivity index (χ1n) is 4.40. The number of amides is 1. The second-order valence-corrected chi connectivity index (χ2v) is 3.34. The molecule has 0 aliphatic heterocycles. The molecule has 1 aromatic carbocycles. The predicted octanol–water partition coefficient (Wildman–Crippen LogP) is 1.40. The molecule has 0 aliphatic carbocycles. The molecule has 1 aromatic rings. The summed E-state index contributed by atoms with van der Waals surface area (Å²) in [5.41, 5.74) is 0.138. The van der Waals surface area contributed by atoms with Gasteiger partial charge in [-0.15, -0.1) is 0 Å². The number of nitrogens with two attached hydrogens (primary N) is 1. The fourth-order valence-electron chi connectivity index (χ4n) is 1.29. The number of likely N-dealkylation sites (N-methyl/N-ethyl adjacent to an activating group) is 1. The van der Waals surface area contributed by atoms with Crippen LogP contribution in [0.25, 0.3) is 0 Å². The maximum Gasteiger partial charge on any atom is 0.243 e. The van der Waals surface area contributed by atoms with E-state index < -0.39 is 23.5 Å². The van der Waals surface area contributed by atoms with E-state index >= 15 is 0 Å². The lowest BCUT2D eigenvalue weighted by Gasteiger charge is -2.16. The van der Waals surface area contributed by atoms with Gasteiger partial charge >= 0.3 is 0 Å². The van der Waals surface area contributed by atoms with Crippen molar-refractivity contribution in [2.75, 3.05) is 7.05 Å². The summed E-state index contributed by atoms with van der Waals surface area (Å²) < 4.78 is 25.9. The quantitative estimate of drug-likeness (QED) is 0.459. The second kappa shape index (κ2) is 4.35. The molecule has 5 heteroatoms. The number of carbonyl (C=O) groups is 1. The Bertz CT molecular complexity index is 380. The minimum Gasteiger partial charge on any atom is -0.283 e. The minimum atomic E-state index is -0.738. The number of halogens is 2. The molecule has 15 heavy (non-hydrogen) atoms. The van der Waals surface area contributed by atoms with E-state index in [-0.39, 0.29) is 5.56 Å². The molecule has 0 spiro atoms. The van der Waals surface area contributed by atoms with Gasteiger partial charge in [-0.3, -0.25) is 9.80 Å². The smallest absolute Gasteiger partial charge is 0.243 e. The van der Waals surface area contributed by atoms with Gasteiger partial charge in [-0.05, 0) is 13.0 Å². The van der Waals surface area contributed by atoms with Crippen molar-refractivity contribution in [3.05, 3.63) is 35.4 Å². The van der Waals surface area contributed by atoms with Crippen molar-refractivity contribution in [2.45, 2.75) is 12.8 Å². The van der Waals surface area contributed by atoms with Gasteiger partial charge < -0.3 is 0 Å². The van der Waals surface area contributed by atoms with Crippen molar-refractivity contribution in [3.8, 4) is 0 Å². The Hall–Kier alpha value is -1.49. The third kappa shape index (κ3) is 2.50. The summed E-state index contributed by atoms with van der Waals surface area (Å²) in [5, 5.41) is 0.882. The fraction of sp³-hybridized carbons (Fsp3) is 0.300. The monoisotopic (exact) mass is 214 g/mol. The van der Waals surface area contributed by atoms with Crippen LogP contribution >= 0.6 is 0 Å². The number of hydrogen-bond donors (Lipinski definition) is 1. The molecule has 0 aromatic heterocycles. The first kappa shape index (κ1) is 11.6. The predicted molar refractivity (Wildman–Crippen MR) is 51.7 cm³/mol. The van der Waals surface area contributed by atoms with Crippen LogP contribution in [0.15, 0.2) is 18.2 Å². The van der Waals surface area contributed by atoms with Gasteiger partial charge in [0.2, 0.25) is 5.91 Å². The van der Waals surface area contributed by atoms with Crippen LogP contribution in [-0.4, -0.2) is 18.0 Å². The number of benzene rings is 1. The van der Waals surface area contributed by atoms with Crippen molar-refractivity contribution in [3.63, 3.8) is 0 Å². The van der Waals surface area contributed by atoms with Crippen LogP contribution in [0.3, 0.4) is 0 Å². The molecule has 3 nitrogen and oxygen atoms in total. The maximum absolute atomic E-state index is 13.3.